The monoisotopic (exact) mass is 404 g/mol. The summed E-state index contributed by atoms with van der Waals surface area (Å²) in [4.78, 5) is 25.4. The van der Waals surface area contributed by atoms with Gasteiger partial charge < -0.3 is 14.6 Å². The van der Waals surface area contributed by atoms with Crippen molar-refractivity contribution >= 4 is 22.5 Å². The number of carbonyl (C=O) groups excluding carboxylic acids is 1. The Kier molecular flexibility index (Phi) is 5.05. The molecular weight excluding hydrogens is 384 g/mol. The molecule has 0 aliphatic heterocycles. The average molecular weight is 404 g/mol. The summed E-state index contributed by atoms with van der Waals surface area (Å²) in [5, 5.41) is 11.7. The molecule has 0 saturated heterocycles. The van der Waals surface area contributed by atoms with Crippen LogP contribution in [-0.2, 0) is 11.3 Å². The molecule has 1 amide bonds. The van der Waals surface area contributed by atoms with Crippen LogP contribution in [0, 0.1) is 13.8 Å². The van der Waals surface area contributed by atoms with E-state index in [4.69, 9.17) is 9.26 Å². The van der Waals surface area contributed by atoms with Crippen molar-refractivity contribution in [2.75, 3.05) is 12.4 Å². The molecule has 30 heavy (non-hydrogen) atoms. The molecule has 2 aromatic carbocycles. The van der Waals surface area contributed by atoms with Gasteiger partial charge >= 0.3 is 0 Å². The van der Waals surface area contributed by atoms with Crippen LogP contribution in [0.5, 0.6) is 5.75 Å². The lowest BCUT2D eigenvalue weighted by atomic mass is 10.1. The molecule has 152 valence electrons. The lowest BCUT2D eigenvalue weighted by molar-refractivity contribution is -0.117. The van der Waals surface area contributed by atoms with Crippen molar-refractivity contribution in [2.45, 2.75) is 20.4 Å². The lowest BCUT2D eigenvalue weighted by Gasteiger charge is -2.10. The topological polar surface area (TPSA) is 99.2 Å². The highest BCUT2D eigenvalue weighted by molar-refractivity contribution is 5.94. The van der Waals surface area contributed by atoms with Gasteiger partial charge in [-0.2, -0.15) is 5.10 Å². The van der Waals surface area contributed by atoms with Gasteiger partial charge in [0.2, 0.25) is 5.91 Å². The van der Waals surface area contributed by atoms with Gasteiger partial charge in [-0.25, -0.2) is 4.68 Å². The maximum atomic E-state index is 12.8. The third kappa shape index (κ3) is 3.67. The van der Waals surface area contributed by atoms with Crippen LogP contribution in [-0.4, -0.2) is 28.0 Å². The Labute approximate surface area is 172 Å². The minimum Gasteiger partial charge on any atom is -0.497 e. The van der Waals surface area contributed by atoms with Crippen molar-refractivity contribution in [2.24, 2.45) is 0 Å². The maximum Gasteiger partial charge on any atom is 0.297 e. The van der Waals surface area contributed by atoms with Gasteiger partial charge in [0.15, 0.2) is 5.52 Å². The van der Waals surface area contributed by atoms with E-state index in [0.29, 0.717) is 28.3 Å². The molecule has 0 unspecified atom stereocenters. The van der Waals surface area contributed by atoms with Gasteiger partial charge in [-0.15, -0.1) is 0 Å². The van der Waals surface area contributed by atoms with Crippen LogP contribution < -0.4 is 15.6 Å². The van der Waals surface area contributed by atoms with E-state index in [9.17, 15) is 9.59 Å². The third-order valence-corrected chi connectivity index (χ3v) is 4.75. The van der Waals surface area contributed by atoms with Crippen molar-refractivity contribution < 1.29 is 14.1 Å². The summed E-state index contributed by atoms with van der Waals surface area (Å²) in [6.07, 6.45) is 0. The highest BCUT2D eigenvalue weighted by atomic mass is 16.5. The standard InChI is InChI=1S/C22H20N4O4/c1-13-4-8-16(9-5-13)23-18(27)12-26-22(28)21-19(14(2)30-25-21)20(24-26)15-6-10-17(29-3)11-7-15/h4-11H,12H2,1-3H3,(H,23,27). The molecule has 8 heteroatoms. The van der Waals surface area contributed by atoms with Crippen LogP contribution in [0.15, 0.2) is 57.8 Å². The normalized spacial score (nSPS) is 10.9. The second-order valence-corrected chi connectivity index (χ2v) is 6.92. The van der Waals surface area contributed by atoms with Gasteiger partial charge in [0.1, 0.15) is 23.7 Å². The Balaban J connectivity index is 1.73. The first kappa shape index (κ1) is 19.4. The minimum atomic E-state index is -0.488. The SMILES string of the molecule is COc1ccc(-c2nn(CC(=O)Nc3ccc(C)cc3)c(=O)c3noc(C)c23)cc1. The van der Waals surface area contributed by atoms with Crippen LogP contribution in [0.2, 0.25) is 0 Å². The first-order valence-electron chi connectivity index (χ1n) is 9.34. The summed E-state index contributed by atoms with van der Waals surface area (Å²) >= 11 is 0. The number of hydrogen-bond acceptors (Lipinski definition) is 6. The fourth-order valence-corrected chi connectivity index (χ4v) is 3.17. The number of aromatic nitrogens is 3. The van der Waals surface area contributed by atoms with Crippen LogP contribution in [0.3, 0.4) is 0 Å². The van der Waals surface area contributed by atoms with E-state index in [-0.39, 0.29) is 18.0 Å². The number of nitrogens with one attached hydrogen (secondary N) is 1. The predicted octanol–water partition coefficient (Wildman–Crippen LogP) is 3.32. The number of anilines is 1. The Morgan fingerprint density at radius 2 is 1.80 bits per heavy atom. The van der Waals surface area contributed by atoms with E-state index >= 15 is 0 Å². The number of hydrogen-bond donors (Lipinski definition) is 1. The molecule has 0 fully saturated rings. The molecule has 0 aliphatic carbocycles. The summed E-state index contributed by atoms with van der Waals surface area (Å²) in [5.41, 5.74) is 2.64. The number of amides is 1. The lowest BCUT2D eigenvalue weighted by Crippen LogP contribution is -2.30. The van der Waals surface area contributed by atoms with Gasteiger partial charge in [0.05, 0.1) is 12.5 Å². The van der Waals surface area contributed by atoms with Gasteiger partial charge in [-0.3, -0.25) is 9.59 Å². The fourth-order valence-electron chi connectivity index (χ4n) is 3.17. The summed E-state index contributed by atoms with van der Waals surface area (Å²) in [5.74, 6) is 0.813. The molecule has 8 nitrogen and oxygen atoms in total. The van der Waals surface area contributed by atoms with Gasteiger partial charge in [0.25, 0.3) is 5.56 Å². The second kappa shape index (κ2) is 7.82. The van der Waals surface area contributed by atoms with Gasteiger partial charge in [0, 0.05) is 11.3 Å². The molecule has 0 atom stereocenters. The Bertz CT molecular complexity index is 1270. The number of rotatable bonds is 5. The average Bonchev–Trinajstić information content (AvgIpc) is 3.14. The summed E-state index contributed by atoms with van der Waals surface area (Å²) in [6, 6.07) is 14.6. The quantitative estimate of drug-likeness (QED) is 0.548. The number of aryl methyl sites for hydroxylation is 2. The van der Waals surface area contributed by atoms with E-state index < -0.39 is 5.56 Å². The molecule has 1 N–H and O–H groups in total. The molecule has 2 heterocycles. The van der Waals surface area contributed by atoms with Crippen LogP contribution in [0.1, 0.15) is 11.3 Å². The molecule has 0 saturated carbocycles. The number of benzene rings is 2. The van der Waals surface area contributed by atoms with E-state index in [2.05, 4.69) is 15.6 Å². The van der Waals surface area contributed by atoms with Crippen molar-refractivity contribution in [1.29, 1.82) is 0 Å². The smallest absolute Gasteiger partial charge is 0.297 e. The fraction of sp³-hybridized carbons (Fsp3) is 0.182. The van der Waals surface area contributed by atoms with Crippen molar-refractivity contribution in [3.05, 3.63) is 70.2 Å². The van der Waals surface area contributed by atoms with E-state index in [1.807, 2.05) is 31.2 Å². The zero-order chi connectivity index (χ0) is 21.3. The van der Waals surface area contributed by atoms with Crippen molar-refractivity contribution in [3.63, 3.8) is 0 Å². The maximum absolute atomic E-state index is 12.8. The number of methoxy groups -OCH3 is 1. The first-order valence-corrected chi connectivity index (χ1v) is 9.34. The number of carbonyl (C=O) groups is 1. The van der Waals surface area contributed by atoms with Gasteiger partial charge in [-0.05, 0) is 50.2 Å². The molecule has 4 rings (SSSR count). The third-order valence-electron chi connectivity index (χ3n) is 4.75. The largest absolute Gasteiger partial charge is 0.497 e. The van der Waals surface area contributed by atoms with E-state index in [1.165, 1.54) is 0 Å². The minimum absolute atomic E-state index is 0.136. The zero-order valence-electron chi connectivity index (χ0n) is 16.8. The summed E-state index contributed by atoms with van der Waals surface area (Å²) in [7, 11) is 1.59. The highest BCUT2D eigenvalue weighted by Gasteiger charge is 2.20. The number of ether oxygens (including phenoxy) is 1. The predicted molar refractivity (Wildman–Crippen MR) is 113 cm³/mol. The molecule has 0 bridgehead atoms. The second-order valence-electron chi connectivity index (χ2n) is 6.92. The number of fused-ring (bicyclic) bond motifs is 1. The van der Waals surface area contributed by atoms with Crippen molar-refractivity contribution in [1.82, 2.24) is 14.9 Å². The molecule has 4 aromatic rings. The van der Waals surface area contributed by atoms with Gasteiger partial charge in [-0.1, -0.05) is 22.9 Å². The van der Waals surface area contributed by atoms with Crippen molar-refractivity contribution in [3.8, 4) is 17.0 Å². The zero-order valence-corrected chi connectivity index (χ0v) is 16.8. The van der Waals surface area contributed by atoms with E-state index in [0.717, 1.165) is 15.8 Å². The first-order chi connectivity index (χ1) is 14.5. The van der Waals surface area contributed by atoms with Crippen LogP contribution >= 0.6 is 0 Å². The van der Waals surface area contributed by atoms with E-state index in [1.54, 1.807) is 38.3 Å². The molecular formula is C22H20N4O4. The Morgan fingerprint density at radius 1 is 1.10 bits per heavy atom. The summed E-state index contributed by atoms with van der Waals surface area (Å²) < 4.78 is 11.5. The summed E-state index contributed by atoms with van der Waals surface area (Å²) in [6.45, 7) is 3.43. The molecule has 0 radical (unpaired) electrons. The molecule has 0 spiro atoms. The molecule has 0 aliphatic rings. The van der Waals surface area contributed by atoms with Crippen LogP contribution in [0.4, 0.5) is 5.69 Å². The number of nitrogens with zero attached hydrogens (tertiary/aromatic N) is 3. The Hall–Kier alpha value is -3.94. The van der Waals surface area contributed by atoms with Crippen LogP contribution in [0.25, 0.3) is 22.2 Å². The highest BCUT2D eigenvalue weighted by Crippen LogP contribution is 2.28. The Morgan fingerprint density at radius 3 is 2.47 bits per heavy atom. The molecule has 2 aromatic heterocycles.